The Morgan fingerprint density at radius 1 is 1.30 bits per heavy atom. The number of carbonyl (C=O) groups is 1. The molecule has 2 bridgehead atoms. The van der Waals surface area contributed by atoms with Crippen molar-refractivity contribution in [2.24, 2.45) is 17.8 Å². The highest BCUT2D eigenvalue weighted by molar-refractivity contribution is 5.96. The fourth-order valence-corrected chi connectivity index (χ4v) is 3.58. The van der Waals surface area contributed by atoms with Crippen molar-refractivity contribution >= 4 is 11.6 Å². The van der Waals surface area contributed by atoms with Crippen LogP contribution in [-0.4, -0.2) is 19.5 Å². The van der Waals surface area contributed by atoms with Crippen molar-refractivity contribution in [2.45, 2.75) is 19.8 Å². The maximum absolute atomic E-state index is 11.8. The monoisotopic (exact) mass is 270 g/mol. The molecule has 20 heavy (non-hydrogen) atoms. The summed E-state index contributed by atoms with van der Waals surface area (Å²) < 4.78 is 0. The van der Waals surface area contributed by atoms with Gasteiger partial charge in [-0.15, -0.1) is 0 Å². The molecule has 0 heterocycles. The standard InChI is InChI=1S/C17H22N2O/c1-11-15(17(20)18-2)4-3-5-16(11)19-10-14-9-12-6-7-13(14)8-12/h3-7,12-14,19H,8-10H2,1-2H3,(H,18,20). The molecule has 106 valence electrons. The van der Waals surface area contributed by atoms with Gasteiger partial charge in [0.2, 0.25) is 0 Å². The van der Waals surface area contributed by atoms with E-state index < -0.39 is 0 Å². The summed E-state index contributed by atoms with van der Waals surface area (Å²) in [5.74, 6) is 2.29. The number of allylic oxidation sites excluding steroid dienone is 2. The molecule has 0 aliphatic heterocycles. The zero-order valence-corrected chi connectivity index (χ0v) is 12.1. The number of carbonyl (C=O) groups excluding carboxylic acids is 1. The average molecular weight is 270 g/mol. The van der Waals surface area contributed by atoms with Crippen molar-refractivity contribution < 1.29 is 4.79 Å². The minimum absolute atomic E-state index is 0.0194. The maximum atomic E-state index is 11.8. The third kappa shape index (κ3) is 2.33. The fraction of sp³-hybridized carbons (Fsp3) is 0.471. The molecule has 0 spiro atoms. The Kier molecular flexibility index (Phi) is 3.51. The molecule has 2 aliphatic carbocycles. The van der Waals surface area contributed by atoms with E-state index in [1.165, 1.54) is 12.8 Å². The second-order valence-corrected chi connectivity index (χ2v) is 5.98. The van der Waals surface area contributed by atoms with Gasteiger partial charge in [-0.3, -0.25) is 4.79 Å². The van der Waals surface area contributed by atoms with Crippen molar-refractivity contribution in [3.63, 3.8) is 0 Å². The van der Waals surface area contributed by atoms with Gasteiger partial charge in [0.1, 0.15) is 0 Å². The maximum Gasteiger partial charge on any atom is 0.251 e. The van der Waals surface area contributed by atoms with Gasteiger partial charge in [0.05, 0.1) is 0 Å². The highest BCUT2D eigenvalue weighted by atomic mass is 16.1. The average Bonchev–Trinajstić information content (AvgIpc) is 3.08. The van der Waals surface area contributed by atoms with Gasteiger partial charge >= 0.3 is 0 Å². The van der Waals surface area contributed by atoms with Crippen LogP contribution < -0.4 is 10.6 Å². The number of fused-ring (bicyclic) bond motifs is 2. The van der Waals surface area contributed by atoms with E-state index in [-0.39, 0.29) is 5.91 Å². The van der Waals surface area contributed by atoms with E-state index in [0.717, 1.165) is 41.1 Å². The lowest BCUT2D eigenvalue weighted by atomic mass is 9.93. The second kappa shape index (κ2) is 5.31. The van der Waals surface area contributed by atoms with Gasteiger partial charge in [0.25, 0.3) is 5.91 Å². The highest BCUT2D eigenvalue weighted by Crippen LogP contribution is 2.43. The number of benzene rings is 1. The SMILES string of the molecule is CNC(=O)c1cccc(NCC2CC3C=CC2C3)c1C. The molecule has 3 rings (SSSR count). The van der Waals surface area contributed by atoms with Crippen molar-refractivity contribution in [1.82, 2.24) is 5.32 Å². The van der Waals surface area contributed by atoms with Crippen LogP contribution >= 0.6 is 0 Å². The van der Waals surface area contributed by atoms with Crippen LogP contribution in [0, 0.1) is 24.7 Å². The minimum Gasteiger partial charge on any atom is -0.385 e. The molecule has 0 aromatic heterocycles. The Hall–Kier alpha value is -1.77. The van der Waals surface area contributed by atoms with E-state index in [0.29, 0.717) is 0 Å². The minimum atomic E-state index is -0.0194. The Morgan fingerprint density at radius 2 is 2.15 bits per heavy atom. The first-order chi connectivity index (χ1) is 9.69. The van der Waals surface area contributed by atoms with Crippen LogP contribution in [-0.2, 0) is 0 Å². The Labute approximate surface area is 120 Å². The number of amides is 1. The highest BCUT2D eigenvalue weighted by Gasteiger charge is 2.35. The number of hydrogen-bond donors (Lipinski definition) is 2. The Morgan fingerprint density at radius 3 is 2.80 bits per heavy atom. The lowest BCUT2D eigenvalue weighted by Gasteiger charge is -2.20. The molecule has 2 N–H and O–H groups in total. The van der Waals surface area contributed by atoms with E-state index in [4.69, 9.17) is 0 Å². The largest absolute Gasteiger partial charge is 0.385 e. The summed E-state index contributed by atoms with van der Waals surface area (Å²) >= 11 is 0. The third-order valence-corrected chi connectivity index (χ3v) is 4.78. The first-order valence-electron chi connectivity index (χ1n) is 7.43. The van der Waals surface area contributed by atoms with Crippen LogP contribution in [0.1, 0.15) is 28.8 Å². The third-order valence-electron chi connectivity index (χ3n) is 4.78. The van der Waals surface area contributed by atoms with Gasteiger partial charge in [-0.25, -0.2) is 0 Å². The van der Waals surface area contributed by atoms with Crippen LogP contribution in [0.25, 0.3) is 0 Å². The van der Waals surface area contributed by atoms with Gasteiger partial charge in [-0.05, 0) is 55.2 Å². The first kappa shape index (κ1) is 13.2. The molecule has 3 nitrogen and oxygen atoms in total. The molecule has 1 aromatic carbocycles. The molecule has 1 saturated carbocycles. The molecule has 2 aliphatic rings. The topological polar surface area (TPSA) is 41.1 Å². The number of anilines is 1. The predicted molar refractivity (Wildman–Crippen MR) is 81.9 cm³/mol. The summed E-state index contributed by atoms with van der Waals surface area (Å²) in [6.07, 6.45) is 7.40. The fourth-order valence-electron chi connectivity index (χ4n) is 3.58. The predicted octanol–water partition coefficient (Wildman–Crippen LogP) is 2.98. The van der Waals surface area contributed by atoms with Gasteiger partial charge < -0.3 is 10.6 Å². The van der Waals surface area contributed by atoms with E-state index >= 15 is 0 Å². The van der Waals surface area contributed by atoms with Gasteiger partial charge in [-0.2, -0.15) is 0 Å². The van der Waals surface area contributed by atoms with Gasteiger partial charge in [0.15, 0.2) is 0 Å². The molecule has 1 fully saturated rings. The zero-order chi connectivity index (χ0) is 14.1. The molecule has 3 atom stereocenters. The Bertz CT molecular complexity index is 550. The van der Waals surface area contributed by atoms with E-state index in [2.05, 4.69) is 28.9 Å². The summed E-state index contributed by atoms with van der Waals surface area (Å²) in [7, 11) is 1.67. The lowest BCUT2D eigenvalue weighted by molar-refractivity contribution is 0.0962. The summed E-state index contributed by atoms with van der Waals surface area (Å²) in [6.45, 7) is 3.01. The molecule has 3 heteroatoms. The molecule has 1 aromatic rings. The van der Waals surface area contributed by atoms with Crippen LogP contribution in [0.3, 0.4) is 0 Å². The number of rotatable bonds is 4. The van der Waals surface area contributed by atoms with Crippen LogP contribution in [0.2, 0.25) is 0 Å². The van der Waals surface area contributed by atoms with E-state index in [1.54, 1.807) is 7.05 Å². The van der Waals surface area contributed by atoms with Crippen LogP contribution in [0.4, 0.5) is 5.69 Å². The molecule has 0 saturated heterocycles. The Balaban J connectivity index is 1.69. The van der Waals surface area contributed by atoms with Gasteiger partial charge in [-0.1, -0.05) is 18.2 Å². The van der Waals surface area contributed by atoms with E-state index in [9.17, 15) is 4.79 Å². The molecular formula is C17H22N2O. The van der Waals surface area contributed by atoms with Crippen LogP contribution in [0.5, 0.6) is 0 Å². The van der Waals surface area contributed by atoms with Crippen molar-refractivity contribution in [3.8, 4) is 0 Å². The second-order valence-electron chi connectivity index (χ2n) is 5.98. The molecule has 3 unspecified atom stereocenters. The summed E-state index contributed by atoms with van der Waals surface area (Å²) in [5.41, 5.74) is 2.87. The lowest BCUT2D eigenvalue weighted by Crippen LogP contribution is -2.21. The smallest absolute Gasteiger partial charge is 0.251 e. The van der Waals surface area contributed by atoms with E-state index in [1.807, 2.05) is 19.1 Å². The zero-order valence-electron chi connectivity index (χ0n) is 12.1. The first-order valence-corrected chi connectivity index (χ1v) is 7.43. The number of nitrogens with one attached hydrogen (secondary N) is 2. The summed E-state index contributed by atoms with van der Waals surface area (Å²) in [4.78, 5) is 11.8. The van der Waals surface area contributed by atoms with Gasteiger partial charge in [0, 0.05) is 24.8 Å². The quantitative estimate of drug-likeness (QED) is 0.826. The summed E-state index contributed by atoms with van der Waals surface area (Å²) in [6, 6.07) is 5.88. The molecule has 0 radical (unpaired) electrons. The molecular weight excluding hydrogens is 248 g/mol. The normalized spacial score (nSPS) is 26.8. The van der Waals surface area contributed by atoms with Crippen molar-refractivity contribution in [1.29, 1.82) is 0 Å². The number of hydrogen-bond acceptors (Lipinski definition) is 2. The molecule has 1 amide bonds. The van der Waals surface area contributed by atoms with Crippen molar-refractivity contribution in [2.75, 3.05) is 18.9 Å². The summed E-state index contributed by atoms with van der Waals surface area (Å²) in [5, 5.41) is 6.24. The van der Waals surface area contributed by atoms with Crippen molar-refractivity contribution in [3.05, 3.63) is 41.5 Å². The van der Waals surface area contributed by atoms with Crippen LogP contribution in [0.15, 0.2) is 30.4 Å².